The number of aromatic hydroxyl groups is 1. The number of hydrogen-bond donors (Lipinski definition) is 3. The number of hydrogen-bond acceptors (Lipinski definition) is 3. The summed E-state index contributed by atoms with van der Waals surface area (Å²) in [5.74, 6) is 0.191. The molecule has 0 amide bonds. The van der Waals surface area contributed by atoms with Crippen molar-refractivity contribution in [2.75, 3.05) is 13.2 Å². The molecule has 3 heteroatoms. The van der Waals surface area contributed by atoms with E-state index in [0.29, 0.717) is 6.42 Å². The summed E-state index contributed by atoms with van der Waals surface area (Å²) in [7, 11) is 0. The average molecular weight is 272 g/mol. The lowest BCUT2D eigenvalue weighted by atomic mass is 9.76. The number of aliphatic hydroxyl groups excluding tert-OH is 2. The van der Waals surface area contributed by atoms with Crippen LogP contribution in [-0.2, 0) is 11.8 Å². The number of aryl methyl sites for hydroxylation is 1. The van der Waals surface area contributed by atoms with E-state index < -0.39 is 5.41 Å². The summed E-state index contributed by atoms with van der Waals surface area (Å²) in [6, 6.07) is 14.7. The Hall–Kier alpha value is -1.84. The second-order valence-electron chi connectivity index (χ2n) is 5.31. The molecule has 0 radical (unpaired) electrons. The highest BCUT2D eigenvalue weighted by atomic mass is 16.3. The van der Waals surface area contributed by atoms with Crippen molar-refractivity contribution in [3.63, 3.8) is 0 Å². The molecule has 0 aliphatic carbocycles. The topological polar surface area (TPSA) is 60.7 Å². The van der Waals surface area contributed by atoms with Gasteiger partial charge in [-0.2, -0.15) is 0 Å². The Morgan fingerprint density at radius 1 is 0.950 bits per heavy atom. The molecule has 3 nitrogen and oxygen atoms in total. The first kappa shape index (κ1) is 14.6. The average Bonchev–Trinajstić information content (AvgIpc) is 2.46. The highest BCUT2D eigenvalue weighted by Gasteiger charge is 2.31. The Kier molecular flexibility index (Phi) is 4.42. The third-order valence-corrected chi connectivity index (χ3v) is 3.72. The summed E-state index contributed by atoms with van der Waals surface area (Å²) in [4.78, 5) is 0. The monoisotopic (exact) mass is 272 g/mol. The molecule has 0 bridgehead atoms. The highest BCUT2D eigenvalue weighted by molar-refractivity contribution is 5.34. The SMILES string of the molecule is Cc1ccc(C(CO)(CO)Cc2cccc(O)c2)cc1. The van der Waals surface area contributed by atoms with Gasteiger partial charge in [0.25, 0.3) is 0 Å². The zero-order valence-corrected chi connectivity index (χ0v) is 11.6. The summed E-state index contributed by atoms with van der Waals surface area (Å²) in [5, 5.41) is 29.2. The molecule has 0 saturated carbocycles. The lowest BCUT2D eigenvalue weighted by Gasteiger charge is -2.30. The first-order valence-corrected chi connectivity index (χ1v) is 6.66. The largest absolute Gasteiger partial charge is 0.508 e. The third kappa shape index (κ3) is 3.00. The van der Waals surface area contributed by atoms with Crippen molar-refractivity contribution in [1.29, 1.82) is 0 Å². The fraction of sp³-hybridized carbons (Fsp3) is 0.294. The van der Waals surface area contributed by atoms with Gasteiger partial charge in [0.05, 0.1) is 13.2 Å². The Morgan fingerprint density at radius 3 is 2.15 bits per heavy atom. The van der Waals surface area contributed by atoms with Crippen molar-refractivity contribution in [3.05, 3.63) is 65.2 Å². The van der Waals surface area contributed by atoms with Gasteiger partial charge < -0.3 is 15.3 Å². The molecular formula is C17H20O3. The molecule has 0 fully saturated rings. The molecule has 0 aromatic heterocycles. The predicted molar refractivity (Wildman–Crippen MR) is 78.8 cm³/mol. The van der Waals surface area contributed by atoms with Crippen LogP contribution in [0.15, 0.2) is 48.5 Å². The van der Waals surface area contributed by atoms with E-state index in [4.69, 9.17) is 0 Å². The summed E-state index contributed by atoms with van der Waals surface area (Å²) in [6.45, 7) is 1.70. The fourth-order valence-corrected chi connectivity index (χ4v) is 2.41. The minimum absolute atomic E-state index is 0.151. The lowest BCUT2D eigenvalue weighted by molar-refractivity contribution is 0.116. The molecule has 0 unspecified atom stereocenters. The van der Waals surface area contributed by atoms with E-state index in [-0.39, 0.29) is 19.0 Å². The second-order valence-corrected chi connectivity index (χ2v) is 5.31. The molecule has 20 heavy (non-hydrogen) atoms. The van der Waals surface area contributed by atoms with Crippen LogP contribution in [0.5, 0.6) is 5.75 Å². The van der Waals surface area contributed by atoms with Crippen LogP contribution >= 0.6 is 0 Å². The lowest BCUT2D eigenvalue weighted by Crippen LogP contribution is -2.37. The molecule has 106 valence electrons. The summed E-state index contributed by atoms with van der Waals surface area (Å²) < 4.78 is 0. The number of aliphatic hydroxyl groups is 2. The normalized spacial score (nSPS) is 11.6. The highest BCUT2D eigenvalue weighted by Crippen LogP contribution is 2.29. The molecule has 0 aliphatic rings. The minimum Gasteiger partial charge on any atom is -0.508 e. The molecule has 0 atom stereocenters. The van der Waals surface area contributed by atoms with Gasteiger partial charge in [-0.3, -0.25) is 0 Å². The predicted octanol–water partition coefficient (Wildman–Crippen LogP) is 2.17. The van der Waals surface area contributed by atoms with Crippen LogP contribution in [0, 0.1) is 6.92 Å². The van der Waals surface area contributed by atoms with E-state index in [2.05, 4.69) is 0 Å². The number of phenolic OH excluding ortho intramolecular Hbond substituents is 1. The van der Waals surface area contributed by atoms with Gasteiger partial charge >= 0.3 is 0 Å². The van der Waals surface area contributed by atoms with Crippen LogP contribution in [0.25, 0.3) is 0 Å². The summed E-state index contributed by atoms with van der Waals surface area (Å²) in [6.07, 6.45) is 0.470. The van der Waals surface area contributed by atoms with Gasteiger partial charge in [-0.05, 0) is 36.6 Å². The Labute approximate surface area is 119 Å². The maximum absolute atomic E-state index is 9.81. The quantitative estimate of drug-likeness (QED) is 0.781. The molecule has 3 N–H and O–H groups in total. The van der Waals surface area contributed by atoms with E-state index in [9.17, 15) is 15.3 Å². The zero-order chi connectivity index (χ0) is 14.6. The van der Waals surface area contributed by atoms with Crippen molar-refractivity contribution in [3.8, 4) is 5.75 Å². The minimum atomic E-state index is -0.735. The molecule has 0 saturated heterocycles. The molecule has 0 spiro atoms. The molecule has 2 aromatic carbocycles. The van der Waals surface area contributed by atoms with Gasteiger partial charge in [0.1, 0.15) is 5.75 Å². The van der Waals surface area contributed by atoms with Gasteiger partial charge in [-0.15, -0.1) is 0 Å². The Balaban J connectivity index is 2.36. The number of rotatable bonds is 5. The first-order valence-electron chi connectivity index (χ1n) is 6.66. The van der Waals surface area contributed by atoms with Gasteiger partial charge in [0.15, 0.2) is 0 Å². The van der Waals surface area contributed by atoms with E-state index >= 15 is 0 Å². The van der Waals surface area contributed by atoms with Crippen molar-refractivity contribution in [1.82, 2.24) is 0 Å². The van der Waals surface area contributed by atoms with E-state index in [1.165, 1.54) is 0 Å². The molecule has 2 aromatic rings. The fourth-order valence-electron chi connectivity index (χ4n) is 2.41. The Morgan fingerprint density at radius 2 is 1.60 bits per heavy atom. The van der Waals surface area contributed by atoms with Crippen LogP contribution < -0.4 is 0 Å². The molecule has 2 rings (SSSR count). The van der Waals surface area contributed by atoms with Crippen LogP contribution in [0.3, 0.4) is 0 Å². The van der Waals surface area contributed by atoms with E-state index in [1.807, 2.05) is 37.3 Å². The van der Waals surface area contributed by atoms with Crippen LogP contribution in [0.4, 0.5) is 0 Å². The zero-order valence-electron chi connectivity index (χ0n) is 11.6. The smallest absolute Gasteiger partial charge is 0.115 e. The van der Waals surface area contributed by atoms with Gasteiger partial charge in [-0.25, -0.2) is 0 Å². The molecule has 0 aliphatic heterocycles. The first-order chi connectivity index (χ1) is 9.59. The maximum atomic E-state index is 9.81. The van der Waals surface area contributed by atoms with Crippen LogP contribution in [0.1, 0.15) is 16.7 Å². The van der Waals surface area contributed by atoms with Gasteiger partial charge in [0.2, 0.25) is 0 Å². The molecule has 0 heterocycles. The van der Waals surface area contributed by atoms with Gasteiger partial charge in [-0.1, -0.05) is 42.0 Å². The van der Waals surface area contributed by atoms with Crippen LogP contribution in [-0.4, -0.2) is 28.5 Å². The van der Waals surface area contributed by atoms with E-state index in [1.54, 1.807) is 18.2 Å². The maximum Gasteiger partial charge on any atom is 0.115 e. The standard InChI is InChI=1S/C17H20O3/c1-13-5-7-15(8-6-13)17(11-18,12-19)10-14-3-2-4-16(20)9-14/h2-9,18-20H,10-12H2,1H3. The van der Waals surface area contributed by atoms with Crippen molar-refractivity contribution >= 4 is 0 Å². The second kappa shape index (κ2) is 6.07. The number of phenols is 1. The van der Waals surface area contributed by atoms with E-state index in [0.717, 1.165) is 16.7 Å². The van der Waals surface area contributed by atoms with Crippen molar-refractivity contribution < 1.29 is 15.3 Å². The number of benzene rings is 2. The Bertz CT molecular complexity index is 557. The summed E-state index contributed by atoms with van der Waals surface area (Å²) in [5.41, 5.74) is 2.18. The van der Waals surface area contributed by atoms with Gasteiger partial charge in [0, 0.05) is 5.41 Å². The van der Waals surface area contributed by atoms with Crippen molar-refractivity contribution in [2.45, 2.75) is 18.8 Å². The summed E-state index contributed by atoms with van der Waals surface area (Å²) >= 11 is 0. The van der Waals surface area contributed by atoms with Crippen molar-refractivity contribution in [2.24, 2.45) is 0 Å². The third-order valence-electron chi connectivity index (χ3n) is 3.72. The molecular weight excluding hydrogens is 252 g/mol. The van der Waals surface area contributed by atoms with Crippen LogP contribution in [0.2, 0.25) is 0 Å².